The Balaban J connectivity index is 0.0000001000. The lowest BCUT2D eigenvalue weighted by molar-refractivity contribution is 0.929. The first-order chi connectivity index (χ1) is 5.00. The molecule has 0 aliphatic heterocycles. The molecule has 1 aliphatic carbocycles. The molecule has 0 nitrogen and oxygen atoms in total. The van der Waals surface area contributed by atoms with Gasteiger partial charge in [-0.15, -0.1) is 0 Å². The molecular formula is C9H12S. The highest BCUT2D eigenvalue weighted by Gasteiger charge is 1.84. The van der Waals surface area contributed by atoms with Gasteiger partial charge in [0.15, 0.2) is 0 Å². The van der Waals surface area contributed by atoms with Crippen LogP contribution in [0.4, 0.5) is 0 Å². The van der Waals surface area contributed by atoms with Crippen LogP contribution < -0.4 is 0 Å². The van der Waals surface area contributed by atoms with Gasteiger partial charge in [0.05, 0.1) is 0 Å². The third kappa shape index (κ3) is 3.46. The normalized spacial score (nSPS) is 14.4. The zero-order valence-electron chi connectivity index (χ0n) is 5.99. The topological polar surface area (TPSA) is 0 Å². The summed E-state index contributed by atoms with van der Waals surface area (Å²) in [5.41, 5.74) is 0. The number of allylic oxidation sites excluding steroid dienone is 2. The smallest absolute Gasteiger partial charge is 0.00934 e. The minimum absolute atomic E-state index is 1.32. The van der Waals surface area contributed by atoms with Crippen LogP contribution in [0.1, 0.15) is 19.3 Å². The van der Waals surface area contributed by atoms with Gasteiger partial charge in [-0.1, -0.05) is 24.3 Å². The van der Waals surface area contributed by atoms with Gasteiger partial charge in [0, 0.05) is 0 Å². The molecule has 0 unspecified atom stereocenters. The summed E-state index contributed by atoms with van der Waals surface area (Å²) in [5.74, 6) is 0. The molecule has 1 aromatic heterocycles. The standard InChI is InChI=1S/C5H8.C4H4S/c2*1-2-4-5-3-1/h1-2H,3-5H2;1-4H. The van der Waals surface area contributed by atoms with Crippen molar-refractivity contribution in [1.82, 2.24) is 0 Å². The van der Waals surface area contributed by atoms with E-state index in [9.17, 15) is 0 Å². The molecule has 1 aromatic rings. The average molecular weight is 152 g/mol. The number of thiophene rings is 1. The van der Waals surface area contributed by atoms with Crippen LogP contribution in [-0.4, -0.2) is 0 Å². The van der Waals surface area contributed by atoms with E-state index in [1.54, 1.807) is 11.3 Å². The molecule has 0 fully saturated rings. The summed E-state index contributed by atoms with van der Waals surface area (Å²) in [6, 6.07) is 4.04. The molecular weight excluding hydrogens is 140 g/mol. The van der Waals surface area contributed by atoms with Gasteiger partial charge in [-0.05, 0) is 30.0 Å². The van der Waals surface area contributed by atoms with E-state index in [2.05, 4.69) is 12.2 Å². The first kappa shape index (κ1) is 7.55. The van der Waals surface area contributed by atoms with Crippen molar-refractivity contribution in [1.29, 1.82) is 0 Å². The first-order valence-electron chi connectivity index (χ1n) is 3.62. The Morgan fingerprint density at radius 1 is 0.900 bits per heavy atom. The lowest BCUT2D eigenvalue weighted by Gasteiger charge is -1.69. The van der Waals surface area contributed by atoms with Crippen LogP contribution >= 0.6 is 11.3 Å². The molecule has 0 saturated carbocycles. The summed E-state index contributed by atoms with van der Waals surface area (Å²) in [4.78, 5) is 0. The monoisotopic (exact) mass is 152 g/mol. The molecule has 10 heavy (non-hydrogen) atoms. The van der Waals surface area contributed by atoms with Crippen molar-refractivity contribution < 1.29 is 0 Å². The van der Waals surface area contributed by atoms with Gasteiger partial charge in [0.1, 0.15) is 0 Å². The quantitative estimate of drug-likeness (QED) is 0.499. The summed E-state index contributed by atoms with van der Waals surface area (Å²) in [5, 5.41) is 4.08. The van der Waals surface area contributed by atoms with E-state index in [1.807, 2.05) is 22.9 Å². The Labute approximate surface area is 66.2 Å². The molecule has 0 atom stereocenters. The molecule has 1 heteroatoms. The van der Waals surface area contributed by atoms with Crippen molar-refractivity contribution in [2.75, 3.05) is 0 Å². The maximum atomic E-state index is 2.24. The summed E-state index contributed by atoms with van der Waals surface area (Å²) >= 11 is 1.71. The third-order valence-electron chi connectivity index (χ3n) is 1.33. The molecule has 0 N–H and O–H groups in total. The highest BCUT2D eigenvalue weighted by Crippen LogP contribution is 2.05. The first-order valence-corrected chi connectivity index (χ1v) is 4.56. The molecule has 0 saturated heterocycles. The molecule has 0 spiro atoms. The average Bonchev–Trinajstić information content (AvgIpc) is 2.67. The van der Waals surface area contributed by atoms with Crippen molar-refractivity contribution >= 4 is 11.3 Å². The van der Waals surface area contributed by atoms with E-state index >= 15 is 0 Å². The Morgan fingerprint density at radius 2 is 1.50 bits per heavy atom. The molecule has 0 amide bonds. The minimum Gasteiger partial charge on any atom is -0.152 e. The van der Waals surface area contributed by atoms with Crippen LogP contribution in [0.3, 0.4) is 0 Å². The van der Waals surface area contributed by atoms with Gasteiger partial charge >= 0.3 is 0 Å². The predicted octanol–water partition coefficient (Wildman–Crippen LogP) is 3.47. The van der Waals surface area contributed by atoms with E-state index in [4.69, 9.17) is 0 Å². The van der Waals surface area contributed by atoms with Crippen molar-refractivity contribution in [2.24, 2.45) is 0 Å². The SMILES string of the molecule is C1=CCCC1.c1ccsc1. The van der Waals surface area contributed by atoms with Crippen LogP contribution in [0.2, 0.25) is 0 Å². The third-order valence-corrected chi connectivity index (χ3v) is 1.96. The number of rotatable bonds is 0. The summed E-state index contributed by atoms with van der Waals surface area (Å²) in [7, 11) is 0. The second-order valence-electron chi connectivity index (χ2n) is 2.20. The maximum absolute atomic E-state index is 2.24. The lowest BCUT2D eigenvalue weighted by atomic mass is 10.4. The van der Waals surface area contributed by atoms with Crippen LogP contribution in [-0.2, 0) is 0 Å². The van der Waals surface area contributed by atoms with Crippen molar-refractivity contribution in [2.45, 2.75) is 19.3 Å². The maximum Gasteiger partial charge on any atom is -0.00934 e. The van der Waals surface area contributed by atoms with Gasteiger partial charge in [0.2, 0.25) is 0 Å². The van der Waals surface area contributed by atoms with Gasteiger partial charge in [-0.2, -0.15) is 11.3 Å². The van der Waals surface area contributed by atoms with Gasteiger partial charge in [-0.3, -0.25) is 0 Å². The highest BCUT2D eigenvalue weighted by molar-refractivity contribution is 7.07. The number of hydrogen-bond acceptors (Lipinski definition) is 1. The van der Waals surface area contributed by atoms with Crippen LogP contribution in [0.25, 0.3) is 0 Å². The van der Waals surface area contributed by atoms with Crippen LogP contribution in [0.5, 0.6) is 0 Å². The zero-order valence-corrected chi connectivity index (χ0v) is 6.81. The van der Waals surface area contributed by atoms with Crippen LogP contribution in [0.15, 0.2) is 35.0 Å². The van der Waals surface area contributed by atoms with E-state index in [1.165, 1.54) is 19.3 Å². The van der Waals surface area contributed by atoms with Gasteiger partial charge in [0.25, 0.3) is 0 Å². The van der Waals surface area contributed by atoms with Crippen molar-refractivity contribution in [3.8, 4) is 0 Å². The molecule has 0 aromatic carbocycles. The fourth-order valence-electron chi connectivity index (χ4n) is 0.816. The van der Waals surface area contributed by atoms with E-state index < -0.39 is 0 Å². The molecule has 0 bridgehead atoms. The Kier molecular flexibility index (Phi) is 3.96. The fourth-order valence-corrected chi connectivity index (χ4v) is 1.27. The van der Waals surface area contributed by atoms with Crippen molar-refractivity contribution in [3.63, 3.8) is 0 Å². The Bertz CT molecular complexity index is 140. The Hall–Kier alpha value is -0.560. The van der Waals surface area contributed by atoms with Gasteiger partial charge < -0.3 is 0 Å². The van der Waals surface area contributed by atoms with E-state index in [0.29, 0.717) is 0 Å². The van der Waals surface area contributed by atoms with E-state index in [0.717, 1.165) is 0 Å². The molecule has 2 rings (SSSR count). The second kappa shape index (κ2) is 5.24. The zero-order chi connectivity index (χ0) is 7.07. The fraction of sp³-hybridized carbons (Fsp3) is 0.333. The summed E-state index contributed by atoms with van der Waals surface area (Å²) in [6.45, 7) is 0. The highest BCUT2D eigenvalue weighted by atomic mass is 32.1. The number of hydrogen-bond donors (Lipinski definition) is 0. The summed E-state index contributed by atoms with van der Waals surface area (Å²) in [6.07, 6.45) is 8.50. The molecule has 0 radical (unpaired) electrons. The predicted molar refractivity (Wildman–Crippen MR) is 47.3 cm³/mol. The lowest BCUT2D eigenvalue weighted by Crippen LogP contribution is -1.50. The summed E-state index contributed by atoms with van der Waals surface area (Å²) < 4.78 is 0. The largest absolute Gasteiger partial charge is 0.152 e. The molecule has 1 aliphatic rings. The molecule has 1 heterocycles. The molecule has 54 valence electrons. The Morgan fingerprint density at radius 3 is 1.70 bits per heavy atom. The van der Waals surface area contributed by atoms with Crippen molar-refractivity contribution in [3.05, 3.63) is 35.0 Å². The van der Waals surface area contributed by atoms with E-state index in [-0.39, 0.29) is 0 Å². The van der Waals surface area contributed by atoms with Crippen LogP contribution in [0, 0.1) is 0 Å². The van der Waals surface area contributed by atoms with Gasteiger partial charge in [-0.25, -0.2) is 0 Å². The minimum atomic E-state index is 1.32. The second-order valence-corrected chi connectivity index (χ2v) is 3.01.